The summed E-state index contributed by atoms with van der Waals surface area (Å²) in [5.41, 5.74) is 2.77. The van der Waals surface area contributed by atoms with Crippen molar-refractivity contribution >= 4 is 17.2 Å². The van der Waals surface area contributed by atoms with Gasteiger partial charge in [0.1, 0.15) is 0 Å². The highest BCUT2D eigenvalue weighted by atomic mass is 32.1. The maximum absolute atomic E-state index is 5.19. The lowest BCUT2D eigenvalue weighted by Gasteiger charge is -2.17. The molecule has 0 saturated heterocycles. The molecule has 0 amide bonds. The molecule has 1 N–H and O–H groups in total. The average molecular weight is 210 g/mol. The number of nitrogens with zero attached hydrogens (tertiary/aromatic N) is 1. The molecule has 0 aromatic rings. The Balaban J connectivity index is 2.75. The van der Waals surface area contributed by atoms with Gasteiger partial charge in [-0.15, -0.1) is 0 Å². The van der Waals surface area contributed by atoms with E-state index in [-0.39, 0.29) is 0 Å². The van der Waals surface area contributed by atoms with E-state index in [1.54, 1.807) is 0 Å². The number of nitrogens with one attached hydrogen (secondary N) is 1. The molecule has 0 fully saturated rings. The van der Waals surface area contributed by atoms with E-state index in [4.69, 9.17) is 12.2 Å². The Hall–Kier alpha value is -0.830. The van der Waals surface area contributed by atoms with Crippen LogP contribution < -0.4 is 5.32 Å². The molecule has 0 saturated carbocycles. The highest BCUT2D eigenvalue weighted by molar-refractivity contribution is 7.80. The molecule has 1 aliphatic heterocycles. The van der Waals surface area contributed by atoms with Crippen LogP contribution in [0.2, 0.25) is 0 Å². The third-order valence-electron chi connectivity index (χ3n) is 2.64. The topological polar surface area (TPSA) is 15.3 Å². The predicted octanol–water partition coefficient (Wildman–Crippen LogP) is 2.44. The van der Waals surface area contributed by atoms with Gasteiger partial charge in [-0.3, -0.25) is 0 Å². The number of thiocarbonyl (C=S) groups is 1. The molecule has 0 atom stereocenters. The van der Waals surface area contributed by atoms with E-state index in [0.717, 1.165) is 24.3 Å². The fourth-order valence-electron chi connectivity index (χ4n) is 1.53. The largest absolute Gasteiger partial charge is 0.382 e. The fourth-order valence-corrected chi connectivity index (χ4v) is 1.71. The summed E-state index contributed by atoms with van der Waals surface area (Å²) in [5, 5.41) is 3.03. The molecule has 0 aromatic heterocycles. The van der Waals surface area contributed by atoms with Crippen LogP contribution in [0.15, 0.2) is 23.5 Å². The Labute approximate surface area is 91.7 Å². The van der Waals surface area contributed by atoms with Crippen LogP contribution in [0.3, 0.4) is 0 Å². The summed E-state index contributed by atoms with van der Waals surface area (Å²) >= 11 is 5.19. The quantitative estimate of drug-likeness (QED) is 0.705. The van der Waals surface area contributed by atoms with Crippen LogP contribution in [-0.2, 0) is 0 Å². The maximum atomic E-state index is 5.19. The molecule has 0 aromatic carbocycles. The van der Waals surface area contributed by atoms with Gasteiger partial charge in [0, 0.05) is 26.2 Å². The van der Waals surface area contributed by atoms with Crippen LogP contribution in [0.4, 0.5) is 0 Å². The summed E-state index contributed by atoms with van der Waals surface area (Å²) in [6.07, 6.45) is 7.46. The minimum Gasteiger partial charge on any atom is -0.382 e. The summed E-state index contributed by atoms with van der Waals surface area (Å²) in [7, 11) is 3.97. The van der Waals surface area contributed by atoms with Crippen LogP contribution in [0, 0.1) is 0 Å². The molecule has 78 valence electrons. The minimum atomic E-state index is 0.893. The van der Waals surface area contributed by atoms with Gasteiger partial charge in [0.25, 0.3) is 0 Å². The first-order valence-corrected chi connectivity index (χ1v) is 5.34. The summed E-state index contributed by atoms with van der Waals surface area (Å²) in [4.78, 5) is 3.09. The molecule has 0 unspecified atom stereocenters. The van der Waals surface area contributed by atoms with Gasteiger partial charge < -0.3 is 10.2 Å². The van der Waals surface area contributed by atoms with Crippen LogP contribution in [-0.4, -0.2) is 24.0 Å². The summed E-state index contributed by atoms with van der Waals surface area (Å²) in [5.74, 6) is 0. The Morgan fingerprint density at radius 1 is 1.64 bits per heavy atom. The Bertz CT molecular complexity index is 279. The van der Waals surface area contributed by atoms with Crippen molar-refractivity contribution < 1.29 is 0 Å². The molecule has 1 rings (SSSR count). The monoisotopic (exact) mass is 210 g/mol. The van der Waals surface area contributed by atoms with Crippen LogP contribution in [0.1, 0.15) is 26.2 Å². The van der Waals surface area contributed by atoms with E-state index >= 15 is 0 Å². The van der Waals surface area contributed by atoms with Crippen LogP contribution in [0.5, 0.6) is 0 Å². The zero-order chi connectivity index (χ0) is 10.6. The highest BCUT2D eigenvalue weighted by Crippen LogP contribution is 2.21. The first-order valence-electron chi connectivity index (χ1n) is 4.94. The van der Waals surface area contributed by atoms with Gasteiger partial charge in [0.05, 0.1) is 4.99 Å². The van der Waals surface area contributed by atoms with Crippen molar-refractivity contribution in [1.29, 1.82) is 0 Å². The zero-order valence-electron chi connectivity index (χ0n) is 9.13. The third kappa shape index (κ3) is 2.84. The minimum absolute atomic E-state index is 0.893. The van der Waals surface area contributed by atoms with E-state index in [0.29, 0.717) is 0 Å². The smallest absolute Gasteiger partial charge is 0.0792 e. The van der Waals surface area contributed by atoms with E-state index in [2.05, 4.69) is 36.5 Å². The lowest BCUT2D eigenvalue weighted by Crippen LogP contribution is -2.17. The lowest BCUT2D eigenvalue weighted by atomic mass is 10.1. The van der Waals surface area contributed by atoms with E-state index in [1.807, 2.05) is 7.05 Å². The van der Waals surface area contributed by atoms with E-state index in [9.17, 15) is 0 Å². The van der Waals surface area contributed by atoms with Gasteiger partial charge in [0.2, 0.25) is 0 Å². The highest BCUT2D eigenvalue weighted by Gasteiger charge is 2.09. The summed E-state index contributed by atoms with van der Waals surface area (Å²) < 4.78 is 0. The number of rotatable bonds is 2. The molecule has 1 aliphatic rings. The van der Waals surface area contributed by atoms with Gasteiger partial charge in [-0.25, -0.2) is 0 Å². The normalized spacial score (nSPS) is 16.9. The van der Waals surface area contributed by atoms with Gasteiger partial charge in [0.15, 0.2) is 0 Å². The molecule has 0 radical (unpaired) electrons. The molecular weight excluding hydrogens is 192 g/mol. The average Bonchev–Trinajstić information content (AvgIpc) is 2.33. The fraction of sp³-hybridized carbons (Fsp3) is 0.545. The number of allylic oxidation sites excluding steroid dienone is 2. The van der Waals surface area contributed by atoms with Crippen LogP contribution >= 0.6 is 12.2 Å². The zero-order valence-corrected chi connectivity index (χ0v) is 9.95. The van der Waals surface area contributed by atoms with Gasteiger partial charge in [-0.2, -0.15) is 0 Å². The Morgan fingerprint density at radius 2 is 2.36 bits per heavy atom. The number of hydrogen-bond acceptors (Lipinski definition) is 2. The molecule has 2 nitrogen and oxygen atoms in total. The van der Waals surface area contributed by atoms with Gasteiger partial charge >= 0.3 is 0 Å². The molecular formula is C11H18N2S. The maximum Gasteiger partial charge on any atom is 0.0792 e. The van der Waals surface area contributed by atoms with Crippen molar-refractivity contribution in [3.8, 4) is 0 Å². The van der Waals surface area contributed by atoms with Gasteiger partial charge in [-0.05, 0) is 31.5 Å². The lowest BCUT2D eigenvalue weighted by molar-refractivity contribution is 0.562. The second-order valence-electron chi connectivity index (χ2n) is 3.57. The van der Waals surface area contributed by atoms with Crippen molar-refractivity contribution in [1.82, 2.24) is 10.2 Å². The second kappa shape index (κ2) is 5.15. The predicted molar refractivity (Wildman–Crippen MR) is 65.1 cm³/mol. The van der Waals surface area contributed by atoms with Crippen LogP contribution in [0.25, 0.3) is 0 Å². The molecule has 0 aliphatic carbocycles. The third-order valence-corrected chi connectivity index (χ3v) is 2.98. The Morgan fingerprint density at radius 3 is 3.00 bits per heavy atom. The van der Waals surface area contributed by atoms with Crippen molar-refractivity contribution in [2.24, 2.45) is 0 Å². The molecule has 14 heavy (non-hydrogen) atoms. The molecule has 1 heterocycles. The van der Waals surface area contributed by atoms with Crippen molar-refractivity contribution in [3.63, 3.8) is 0 Å². The SMILES string of the molecule is CNC(=S)CC1=C(C)N(C)C=CCC1. The summed E-state index contributed by atoms with van der Waals surface area (Å²) in [6.45, 7) is 2.16. The molecule has 0 spiro atoms. The first kappa shape index (κ1) is 11.2. The van der Waals surface area contributed by atoms with Crippen molar-refractivity contribution in [2.75, 3.05) is 14.1 Å². The Kier molecular flexibility index (Phi) is 4.14. The van der Waals surface area contributed by atoms with Crippen molar-refractivity contribution in [3.05, 3.63) is 23.5 Å². The molecule has 3 heteroatoms. The molecule has 0 bridgehead atoms. The van der Waals surface area contributed by atoms with E-state index in [1.165, 1.54) is 11.3 Å². The van der Waals surface area contributed by atoms with Gasteiger partial charge in [-0.1, -0.05) is 18.3 Å². The van der Waals surface area contributed by atoms with E-state index < -0.39 is 0 Å². The first-order chi connectivity index (χ1) is 6.65. The standard InChI is InChI=1S/C11H18N2S/c1-9-10(8-11(14)12-2)6-4-5-7-13(9)3/h5,7H,4,6,8H2,1-3H3,(H,12,14). The van der Waals surface area contributed by atoms with Crippen molar-refractivity contribution in [2.45, 2.75) is 26.2 Å². The second-order valence-corrected chi connectivity index (χ2v) is 4.07. The summed E-state index contributed by atoms with van der Waals surface area (Å²) in [6, 6.07) is 0. The number of hydrogen-bond donors (Lipinski definition) is 1.